The Bertz CT molecular complexity index is 2220. The van der Waals surface area contributed by atoms with Crippen molar-refractivity contribution in [3.63, 3.8) is 0 Å². The van der Waals surface area contributed by atoms with Gasteiger partial charge in [-0.15, -0.1) is 0 Å². The number of fused-ring (bicyclic) bond motifs is 2. The van der Waals surface area contributed by atoms with Gasteiger partial charge in [-0.05, 0) is 67.9 Å². The number of hydrogen-bond donors (Lipinski definition) is 4. The molecule has 4 amide bonds. The van der Waals surface area contributed by atoms with Crippen LogP contribution in [0.25, 0.3) is 44.8 Å². The van der Waals surface area contributed by atoms with E-state index < -0.39 is 24.3 Å². The van der Waals surface area contributed by atoms with Crippen molar-refractivity contribution in [3.05, 3.63) is 54.2 Å². The summed E-state index contributed by atoms with van der Waals surface area (Å²) in [6, 6.07) is 9.51. The molecule has 0 radical (unpaired) electrons. The Morgan fingerprint density at radius 2 is 1.38 bits per heavy atom. The molecule has 2 saturated heterocycles. The molecule has 3 aromatic heterocycles. The van der Waals surface area contributed by atoms with Gasteiger partial charge in [0.2, 0.25) is 17.7 Å². The summed E-state index contributed by atoms with van der Waals surface area (Å²) in [5, 5.41) is 5.38. The first-order chi connectivity index (χ1) is 26.5. The number of H-pyrrole nitrogens is 2. The van der Waals surface area contributed by atoms with Crippen molar-refractivity contribution in [2.24, 2.45) is 11.8 Å². The molecular weight excluding hydrogens is 706 g/mol. The molecule has 16 nitrogen and oxygen atoms in total. The number of benzene rings is 2. The Labute approximate surface area is 317 Å². The average molecular weight is 754 g/mol. The molecule has 4 atom stereocenters. The van der Waals surface area contributed by atoms with Gasteiger partial charge >= 0.3 is 12.2 Å². The van der Waals surface area contributed by atoms with Gasteiger partial charge < -0.3 is 44.3 Å². The molecule has 2 aliphatic rings. The van der Waals surface area contributed by atoms with E-state index in [0.29, 0.717) is 47.5 Å². The first kappa shape index (κ1) is 37.4. The number of carbonyl (C=O) groups excluding carboxylic acids is 4. The number of imidazole rings is 2. The van der Waals surface area contributed by atoms with Crippen LogP contribution >= 0.6 is 0 Å². The SMILES string of the molecule is COC(=O)NC(C(=O)N1CCCC1c1nc2ccc(-c3cnc(-c4cccc5[nH]c(C6CCCN6C(=O)C(NC(=O)OC)C(C)C)nc45)o3)cc2[nH]1)C(C)C. The second kappa shape index (κ2) is 15.4. The van der Waals surface area contributed by atoms with E-state index in [9.17, 15) is 19.2 Å². The highest BCUT2D eigenvalue weighted by Crippen LogP contribution is 2.37. The lowest BCUT2D eigenvalue weighted by atomic mass is 10.0. The molecule has 4 unspecified atom stereocenters. The van der Waals surface area contributed by atoms with E-state index in [1.54, 1.807) is 16.0 Å². The maximum atomic E-state index is 13.7. The van der Waals surface area contributed by atoms with Crippen LogP contribution in [0.1, 0.15) is 77.1 Å². The quantitative estimate of drug-likeness (QED) is 0.134. The van der Waals surface area contributed by atoms with Crippen molar-refractivity contribution < 1.29 is 33.1 Å². The Balaban J connectivity index is 1.11. The molecule has 0 spiro atoms. The number of para-hydroxylation sites is 1. The monoisotopic (exact) mass is 753 g/mol. The second-order valence-electron chi connectivity index (χ2n) is 14.8. The number of methoxy groups -OCH3 is 2. The standard InChI is InChI=1S/C39H47N9O7/c1-20(2)30(45-38(51)53-5)36(49)47-16-8-12-27(47)33-41-24-15-14-22(18-26(24)43-33)29-19-40-35(55-29)23-10-7-11-25-32(23)44-34(42-25)28-13-9-17-48(28)37(50)31(21(3)4)46-39(52)54-6/h7,10-11,14-15,18-21,27-28,30-31H,8-9,12-13,16-17H2,1-6H3,(H,41,43)(H,42,44)(H,45,51)(H,46,52). The number of alkyl carbamates (subject to hydrolysis) is 2. The first-order valence-electron chi connectivity index (χ1n) is 18.7. The van der Waals surface area contributed by atoms with Crippen LogP contribution in [0.5, 0.6) is 0 Å². The topological polar surface area (TPSA) is 201 Å². The fourth-order valence-corrected chi connectivity index (χ4v) is 7.64. The summed E-state index contributed by atoms with van der Waals surface area (Å²) >= 11 is 0. The Hall–Kier alpha value is -5.93. The van der Waals surface area contributed by atoms with Gasteiger partial charge in [0.15, 0.2) is 5.76 Å². The van der Waals surface area contributed by atoms with Crippen LogP contribution in [0.4, 0.5) is 9.59 Å². The number of ether oxygens (including phenoxy) is 2. The predicted octanol–water partition coefficient (Wildman–Crippen LogP) is 5.85. The van der Waals surface area contributed by atoms with Gasteiger partial charge in [0.1, 0.15) is 29.2 Å². The molecule has 5 aromatic rings. The number of nitrogens with one attached hydrogen (secondary N) is 4. The minimum Gasteiger partial charge on any atom is -0.453 e. The molecule has 2 aromatic carbocycles. The summed E-state index contributed by atoms with van der Waals surface area (Å²) < 4.78 is 15.9. The number of rotatable bonds is 10. The molecule has 2 fully saturated rings. The summed E-state index contributed by atoms with van der Waals surface area (Å²) in [6.45, 7) is 8.66. The van der Waals surface area contributed by atoms with Crippen molar-refractivity contribution in [1.29, 1.82) is 0 Å². The highest BCUT2D eigenvalue weighted by molar-refractivity contribution is 5.91. The van der Waals surface area contributed by atoms with Gasteiger partial charge in [0.25, 0.3) is 0 Å². The third-order valence-corrected chi connectivity index (χ3v) is 10.5. The summed E-state index contributed by atoms with van der Waals surface area (Å²) in [4.78, 5) is 76.2. The number of hydrogen-bond acceptors (Lipinski definition) is 10. The molecule has 2 aliphatic heterocycles. The third-order valence-electron chi connectivity index (χ3n) is 10.5. The summed E-state index contributed by atoms with van der Waals surface area (Å²) in [5.41, 5.74) is 4.48. The fraction of sp³-hybridized carbons (Fsp3) is 0.462. The van der Waals surface area contributed by atoms with E-state index in [-0.39, 0.29) is 35.7 Å². The predicted molar refractivity (Wildman–Crippen MR) is 202 cm³/mol. The van der Waals surface area contributed by atoms with Crippen LogP contribution in [0, 0.1) is 11.8 Å². The van der Waals surface area contributed by atoms with Crippen molar-refractivity contribution >= 4 is 46.1 Å². The van der Waals surface area contributed by atoms with Gasteiger partial charge in [0.05, 0.1) is 54.6 Å². The van der Waals surface area contributed by atoms with Crippen LogP contribution in [0.2, 0.25) is 0 Å². The Morgan fingerprint density at radius 1 is 0.800 bits per heavy atom. The Kier molecular flexibility index (Phi) is 10.5. The number of amides is 4. The maximum absolute atomic E-state index is 13.7. The van der Waals surface area contributed by atoms with Crippen LogP contribution in [-0.4, -0.2) is 98.1 Å². The van der Waals surface area contributed by atoms with Crippen LogP contribution in [0.3, 0.4) is 0 Å². The molecular formula is C39H47N9O7. The van der Waals surface area contributed by atoms with E-state index >= 15 is 0 Å². The number of nitrogens with zero attached hydrogens (tertiary/aromatic N) is 5. The molecule has 5 heterocycles. The third kappa shape index (κ3) is 7.32. The molecule has 0 bridgehead atoms. The molecule has 290 valence electrons. The highest BCUT2D eigenvalue weighted by Gasteiger charge is 2.39. The van der Waals surface area contributed by atoms with Crippen molar-refractivity contribution in [3.8, 4) is 22.8 Å². The van der Waals surface area contributed by atoms with Crippen LogP contribution < -0.4 is 10.6 Å². The van der Waals surface area contributed by atoms with Crippen LogP contribution in [-0.2, 0) is 19.1 Å². The van der Waals surface area contributed by atoms with Gasteiger partial charge in [-0.25, -0.2) is 24.5 Å². The van der Waals surface area contributed by atoms with Crippen LogP contribution in [0.15, 0.2) is 47.0 Å². The highest BCUT2D eigenvalue weighted by atomic mass is 16.5. The number of aromatic amines is 2. The lowest BCUT2D eigenvalue weighted by Crippen LogP contribution is -2.51. The largest absolute Gasteiger partial charge is 0.453 e. The molecule has 55 heavy (non-hydrogen) atoms. The van der Waals surface area contributed by atoms with Crippen molar-refractivity contribution in [2.45, 2.75) is 77.5 Å². The molecule has 4 N–H and O–H groups in total. The molecule has 0 saturated carbocycles. The smallest absolute Gasteiger partial charge is 0.407 e. The summed E-state index contributed by atoms with van der Waals surface area (Å²) in [6.07, 6.45) is 3.48. The van der Waals surface area contributed by atoms with Gasteiger partial charge in [0, 0.05) is 18.7 Å². The van der Waals surface area contributed by atoms with E-state index in [1.807, 2.05) is 64.1 Å². The number of aromatic nitrogens is 5. The molecule has 7 rings (SSSR count). The molecule has 16 heteroatoms. The van der Waals surface area contributed by atoms with E-state index in [0.717, 1.165) is 47.8 Å². The van der Waals surface area contributed by atoms with E-state index in [2.05, 4.69) is 25.6 Å². The zero-order valence-electron chi connectivity index (χ0n) is 31.8. The minimum atomic E-state index is -0.729. The summed E-state index contributed by atoms with van der Waals surface area (Å²) in [7, 11) is 2.56. The summed E-state index contributed by atoms with van der Waals surface area (Å²) in [5.74, 6) is 1.67. The van der Waals surface area contributed by atoms with E-state index in [1.165, 1.54) is 14.2 Å². The van der Waals surface area contributed by atoms with Crippen molar-refractivity contribution in [1.82, 2.24) is 45.4 Å². The van der Waals surface area contributed by atoms with E-state index in [4.69, 9.17) is 23.9 Å². The van der Waals surface area contributed by atoms with Gasteiger partial charge in [-0.3, -0.25) is 9.59 Å². The minimum absolute atomic E-state index is 0.130. The lowest BCUT2D eigenvalue weighted by molar-refractivity contribution is -0.136. The zero-order valence-corrected chi connectivity index (χ0v) is 31.8. The fourth-order valence-electron chi connectivity index (χ4n) is 7.64. The van der Waals surface area contributed by atoms with Crippen molar-refractivity contribution in [2.75, 3.05) is 27.3 Å². The second-order valence-corrected chi connectivity index (χ2v) is 14.8. The van der Waals surface area contributed by atoms with Gasteiger partial charge in [-0.2, -0.15) is 0 Å². The number of likely N-dealkylation sites (tertiary alicyclic amines) is 2. The number of oxazole rings is 1. The number of carbonyl (C=O) groups is 4. The zero-order chi connectivity index (χ0) is 39.0. The van der Waals surface area contributed by atoms with Gasteiger partial charge in [-0.1, -0.05) is 33.8 Å². The average Bonchev–Trinajstić information content (AvgIpc) is 4.02. The Morgan fingerprint density at radius 3 is 1.96 bits per heavy atom. The normalized spacial score (nSPS) is 18.3. The lowest BCUT2D eigenvalue weighted by Gasteiger charge is -2.29. The first-order valence-corrected chi connectivity index (χ1v) is 18.7. The maximum Gasteiger partial charge on any atom is 0.407 e. The molecule has 0 aliphatic carbocycles.